The van der Waals surface area contributed by atoms with Crippen LogP contribution in [0.25, 0.3) is 0 Å². The van der Waals surface area contributed by atoms with Gasteiger partial charge in [0, 0.05) is 19.8 Å². The minimum absolute atomic E-state index is 0.591. The molecule has 0 unspecified atom stereocenters. The Balaban J connectivity index is 1.84. The van der Waals surface area contributed by atoms with Crippen LogP contribution in [0, 0.1) is 17.2 Å². The molecular formula is C15H20N2O2. The third-order valence-electron chi connectivity index (χ3n) is 3.49. The summed E-state index contributed by atoms with van der Waals surface area (Å²) in [4.78, 5) is 0. The van der Waals surface area contributed by atoms with Crippen molar-refractivity contribution in [3.63, 3.8) is 0 Å². The van der Waals surface area contributed by atoms with E-state index in [2.05, 4.69) is 11.4 Å². The van der Waals surface area contributed by atoms with Crippen molar-refractivity contribution >= 4 is 0 Å². The van der Waals surface area contributed by atoms with Crippen molar-refractivity contribution in [3.8, 4) is 11.8 Å². The number of hydrogen-bond acceptors (Lipinski definition) is 4. The molecule has 0 aliphatic carbocycles. The molecule has 102 valence electrons. The van der Waals surface area contributed by atoms with Gasteiger partial charge >= 0.3 is 0 Å². The highest BCUT2D eigenvalue weighted by Gasteiger charge is 2.13. The van der Waals surface area contributed by atoms with Crippen LogP contribution in [0.3, 0.4) is 0 Å². The van der Waals surface area contributed by atoms with Crippen LogP contribution in [0.5, 0.6) is 5.75 Å². The summed E-state index contributed by atoms with van der Waals surface area (Å²) in [6.45, 7) is 3.56. The molecule has 0 saturated carbocycles. The zero-order valence-corrected chi connectivity index (χ0v) is 11.3. The number of ether oxygens (including phenoxy) is 2. The molecule has 1 heterocycles. The van der Waals surface area contributed by atoms with E-state index in [9.17, 15) is 0 Å². The van der Waals surface area contributed by atoms with Crippen molar-refractivity contribution in [2.75, 3.05) is 26.9 Å². The number of nitriles is 1. The van der Waals surface area contributed by atoms with E-state index >= 15 is 0 Å². The van der Waals surface area contributed by atoms with E-state index < -0.39 is 0 Å². The van der Waals surface area contributed by atoms with Gasteiger partial charge in [-0.05, 0) is 43.0 Å². The van der Waals surface area contributed by atoms with Crippen LogP contribution in [-0.2, 0) is 11.3 Å². The molecule has 4 heteroatoms. The van der Waals surface area contributed by atoms with Crippen LogP contribution in [0.1, 0.15) is 24.0 Å². The van der Waals surface area contributed by atoms with Crippen LogP contribution < -0.4 is 10.1 Å². The third kappa shape index (κ3) is 3.95. The van der Waals surface area contributed by atoms with E-state index in [1.54, 1.807) is 7.11 Å². The third-order valence-corrected chi connectivity index (χ3v) is 3.49. The summed E-state index contributed by atoms with van der Waals surface area (Å²) in [7, 11) is 1.58. The Morgan fingerprint density at radius 1 is 1.42 bits per heavy atom. The Bertz CT molecular complexity index is 448. The second kappa shape index (κ2) is 7.13. The average Bonchev–Trinajstić information content (AvgIpc) is 2.48. The number of rotatable bonds is 5. The molecule has 1 aliphatic rings. The number of methoxy groups -OCH3 is 1. The lowest BCUT2D eigenvalue weighted by Crippen LogP contribution is -2.27. The van der Waals surface area contributed by atoms with Crippen molar-refractivity contribution < 1.29 is 9.47 Å². The first-order chi connectivity index (χ1) is 9.33. The van der Waals surface area contributed by atoms with Gasteiger partial charge in [-0.15, -0.1) is 0 Å². The second-order valence-electron chi connectivity index (χ2n) is 4.83. The van der Waals surface area contributed by atoms with Gasteiger partial charge in [0.05, 0.1) is 12.7 Å². The number of benzene rings is 1. The van der Waals surface area contributed by atoms with Gasteiger partial charge in [0.1, 0.15) is 11.8 Å². The average molecular weight is 260 g/mol. The van der Waals surface area contributed by atoms with E-state index in [0.717, 1.165) is 44.7 Å². The standard InChI is InChI=1S/C15H20N2O2/c1-18-15-3-2-13(8-14(15)9-16)11-17-10-12-4-6-19-7-5-12/h2-3,8,12,17H,4-7,10-11H2,1H3. The number of nitrogens with zero attached hydrogens (tertiary/aromatic N) is 1. The molecule has 1 aromatic carbocycles. The monoisotopic (exact) mass is 260 g/mol. The summed E-state index contributed by atoms with van der Waals surface area (Å²) >= 11 is 0. The molecule has 1 N–H and O–H groups in total. The van der Waals surface area contributed by atoms with Crippen LogP contribution in [0.2, 0.25) is 0 Å². The fraction of sp³-hybridized carbons (Fsp3) is 0.533. The lowest BCUT2D eigenvalue weighted by molar-refractivity contribution is 0.0662. The van der Waals surface area contributed by atoms with Crippen molar-refractivity contribution in [1.82, 2.24) is 5.32 Å². The molecule has 0 aromatic heterocycles. The summed E-state index contributed by atoms with van der Waals surface area (Å²) in [5, 5.41) is 12.5. The quantitative estimate of drug-likeness (QED) is 0.880. The van der Waals surface area contributed by atoms with Gasteiger partial charge in [0.15, 0.2) is 0 Å². The van der Waals surface area contributed by atoms with E-state index in [1.807, 2.05) is 18.2 Å². The smallest absolute Gasteiger partial charge is 0.136 e. The highest BCUT2D eigenvalue weighted by Crippen LogP contribution is 2.19. The van der Waals surface area contributed by atoms with Gasteiger partial charge in [-0.25, -0.2) is 0 Å². The SMILES string of the molecule is COc1ccc(CNCC2CCOCC2)cc1C#N. The van der Waals surface area contributed by atoms with Gasteiger partial charge in [0.25, 0.3) is 0 Å². The number of nitrogens with one attached hydrogen (secondary N) is 1. The lowest BCUT2D eigenvalue weighted by Gasteiger charge is -2.22. The van der Waals surface area contributed by atoms with E-state index in [4.69, 9.17) is 14.7 Å². The molecule has 1 saturated heterocycles. The predicted molar refractivity (Wildman–Crippen MR) is 73.0 cm³/mol. The first kappa shape index (κ1) is 13.9. The summed E-state index contributed by atoms with van der Waals surface area (Å²) in [5.41, 5.74) is 1.71. The molecule has 0 amide bonds. The van der Waals surface area contributed by atoms with E-state index in [1.165, 1.54) is 0 Å². The topological polar surface area (TPSA) is 54.3 Å². The van der Waals surface area contributed by atoms with Crippen molar-refractivity contribution in [2.45, 2.75) is 19.4 Å². The molecule has 1 fully saturated rings. The Hall–Kier alpha value is -1.57. The van der Waals surface area contributed by atoms with E-state index in [0.29, 0.717) is 17.2 Å². The maximum atomic E-state index is 9.04. The van der Waals surface area contributed by atoms with Gasteiger partial charge in [-0.2, -0.15) is 5.26 Å². The molecule has 0 atom stereocenters. The Kier molecular flexibility index (Phi) is 5.20. The second-order valence-corrected chi connectivity index (χ2v) is 4.83. The minimum atomic E-state index is 0.591. The van der Waals surface area contributed by atoms with Gasteiger partial charge in [0.2, 0.25) is 0 Å². The largest absolute Gasteiger partial charge is 0.495 e. The van der Waals surface area contributed by atoms with Crippen molar-refractivity contribution in [3.05, 3.63) is 29.3 Å². The highest BCUT2D eigenvalue weighted by atomic mass is 16.5. The molecule has 0 spiro atoms. The van der Waals surface area contributed by atoms with Crippen molar-refractivity contribution in [2.24, 2.45) is 5.92 Å². The Morgan fingerprint density at radius 2 is 2.21 bits per heavy atom. The summed E-state index contributed by atoms with van der Waals surface area (Å²) in [6, 6.07) is 7.89. The van der Waals surface area contributed by atoms with Gasteiger partial charge in [-0.1, -0.05) is 6.07 Å². The van der Waals surface area contributed by atoms with Crippen LogP contribution in [0.15, 0.2) is 18.2 Å². The highest BCUT2D eigenvalue weighted by molar-refractivity contribution is 5.45. The van der Waals surface area contributed by atoms with Gasteiger partial charge in [-0.3, -0.25) is 0 Å². The first-order valence-electron chi connectivity index (χ1n) is 6.69. The van der Waals surface area contributed by atoms with Crippen LogP contribution in [0.4, 0.5) is 0 Å². The Morgan fingerprint density at radius 3 is 2.89 bits per heavy atom. The summed E-state index contributed by atoms with van der Waals surface area (Å²) in [5.74, 6) is 1.35. The molecular weight excluding hydrogens is 240 g/mol. The number of hydrogen-bond donors (Lipinski definition) is 1. The zero-order valence-electron chi connectivity index (χ0n) is 11.3. The maximum Gasteiger partial charge on any atom is 0.136 e. The molecule has 2 rings (SSSR count). The van der Waals surface area contributed by atoms with Crippen LogP contribution >= 0.6 is 0 Å². The summed E-state index contributed by atoms with van der Waals surface area (Å²) in [6.07, 6.45) is 2.28. The lowest BCUT2D eigenvalue weighted by atomic mass is 10.0. The van der Waals surface area contributed by atoms with E-state index in [-0.39, 0.29) is 0 Å². The van der Waals surface area contributed by atoms with Crippen LogP contribution in [-0.4, -0.2) is 26.9 Å². The molecule has 1 aromatic rings. The minimum Gasteiger partial charge on any atom is -0.495 e. The maximum absolute atomic E-state index is 9.04. The molecule has 4 nitrogen and oxygen atoms in total. The fourth-order valence-corrected chi connectivity index (χ4v) is 2.32. The molecule has 1 aliphatic heterocycles. The van der Waals surface area contributed by atoms with Gasteiger partial charge < -0.3 is 14.8 Å². The fourth-order valence-electron chi connectivity index (χ4n) is 2.32. The molecule has 19 heavy (non-hydrogen) atoms. The first-order valence-corrected chi connectivity index (χ1v) is 6.69. The molecule has 0 radical (unpaired) electrons. The normalized spacial score (nSPS) is 16.0. The molecule has 0 bridgehead atoms. The Labute approximate surface area is 114 Å². The summed E-state index contributed by atoms with van der Waals surface area (Å²) < 4.78 is 10.5. The predicted octanol–water partition coefficient (Wildman–Crippen LogP) is 2.08. The van der Waals surface area contributed by atoms with Crippen molar-refractivity contribution in [1.29, 1.82) is 5.26 Å². The zero-order chi connectivity index (χ0) is 13.5.